The van der Waals surface area contributed by atoms with E-state index in [9.17, 15) is 33.9 Å². The largest absolute Gasteiger partial charge is 0.472 e. The predicted molar refractivity (Wildman–Crippen MR) is 159 cm³/mol. The molecule has 0 aromatic carbocycles. The highest BCUT2D eigenvalue weighted by Gasteiger charge is 2.77. The zero-order valence-corrected chi connectivity index (χ0v) is 27.4. The maximum absolute atomic E-state index is 14.2. The number of carbonyl (C=O) groups excluding carboxylic acids is 6. The van der Waals surface area contributed by atoms with Crippen molar-refractivity contribution >= 4 is 36.1 Å². The van der Waals surface area contributed by atoms with Crippen LogP contribution in [0.1, 0.15) is 78.7 Å². The minimum Gasteiger partial charge on any atom is -0.472 e. The van der Waals surface area contributed by atoms with Crippen LogP contribution in [0.15, 0.2) is 35.2 Å². The summed E-state index contributed by atoms with van der Waals surface area (Å²) < 4.78 is 34.3. The maximum Gasteiger partial charge on any atom is 0.310 e. The van der Waals surface area contributed by atoms with Crippen molar-refractivity contribution in [1.29, 1.82) is 0 Å². The summed E-state index contributed by atoms with van der Waals surface area (Å²) in [4.78, 5) is 78.8. The number of hydrogen-bond donors (Lipinski definition) is 1. The Hall–Kier alpha value is -4.00. The van der Waals surface area contributed by atoms with Crippen molar-refractivity contribution < 1.29 is 62.0 Å². The lowest BCUT2D eigenvalue weighted by atomic mass is 9.46. The Bertz CT molecular complexity index is 1480. The lowest BCUT2D eigenvalue weighted by Gasteiger charge is -2.61. The Morgan fingerprint density at radius 2 is 1.81 bits per heavy atom. The molecule has 3 heterocycles. The molecule has 0 radical (unpaired) electrons. The number of carbonyl (C=O) groups is 6. The Labute approximate surface area is 272 Å². The molecule has 13 nitrogen and oxygen atoms in total. The standard InChI is InChI=1S/C34H42O13/c1-17(2)10-26(39)46-30-29(44-16-35)28(18(3)34(41)23(37)11-21(33(30,34)7)20-8-9-42-14-20)32(6)22-12-25(38)43-15-31(22,5)47-27(40)13-24(32)45-19(4)36/h8-9,14,16-17,21-22,24,28-30,41H,3,10-13,15H2,1-2,4-7H3/t21-,22-,24-,28+,29-,30+,31-,32+,33+,34+/m0/s1. The summed E-state index contributed by atoms with van der Waals surface area (Å²) in [5.74, 6) is -6.66. The first kappa shape index (κ1) is 34.3. The monoisotopic (exact) mass is 658 g/mol. The van der Waals surface area contributed by atoms with E-state index >= 15 is 0 Å². The minimum absolute atomic E-state index is 0.0308. The molecule has 0 bridgehead atoms. The number of ether oxygens (including phenoxy) is 5. The van der Waals surface area contributed by atoms with E-state index in [1.165, 1.54) is 12.5 Å². The number of rotatable bonds is 8. The summed E-state index contributed by atoms with van der Waals surface area (Å²) in [6.45, 7) is 13.7. The van der Waals surface area contributed by atoms with Gasteiger partial charge in [0.05, 0.1) is 30.8 Å². The zero-order valence-electron chi connectivity index (χ0n) is 27.4. The van der Waals surface area contributed by atoms with Gasteiger partial charge < -0.3 is 33.2 Å². The summed E-state index contributed by atoms with van der Waals surface area (Å²) in [6, 6.07) is 1.64. The fraction of sp³-hybridized carbons (Fsp3) is 0.647. The third-order valence-corrected chi connectivity index (χ3v) is 11.1. The van der Waals surface area contributed by atoms with Crippen LogP contribution in [0.2, 0.25) is 0 Å². The molecule has 10 atom stereocenters. The molecule has 4 fully saturated rings. The van der Waals surface area contributed by atoms with E-state index in [1.807, 2.05) is 13.8 Å². The van der Waals surface area contributed by atoms with Gasteiger partial charge in [-0.3, -0.25) is 28.8 Å². The van der Waals surface area contributed by atoms with Crippen LogP contribution in [0.3, 0.4) is 0 Å². The van der Waals surface area contributed by atoms with Gasteiger partial charge in [0.15, 0.2) is 11.4 Å². The second-order valence-electron chi connectivity index (χ2n) is 14.3. The van der Waals surface area contributed by atoms with E-state index in [-0.39, 0.29) is 43.8 Å². The molecule has 1 aromatic heterocycles. The number of furan rings is 1. The topological polar surface area (TPSA) is 182 Å². The number of Topliss-reactive ketones (excluding diaryl/α,β-unsaturated/α-hetero) is 1. The van der Waals surface area contributed by atoms with Crippen LogP contribution >= 0.6 is 0 Å². The van der Waals surface area contributed by atoms with E-state index in [2.05, 4.69) is 6.58 Å². The Morgan fingerprint density at radius 3 is 2.40 bits per heavy atom. The Kier molecular flexibility index (Phi) is 8.70. The quantitative estimate of drug-likeness (QED) is 0.186. The van der Waals surface area contributed by atoms with E-state index in [0.717, 1.165) is 6.92 Å². The molecule has 2 aliphatic heterocycles. The second kappa shape index (κ2) is 11.9. The highest BCUT2D eigenvalue weighted by Crippen LogP contribution is 2.68. The average molecular weight is 659 g/mol. The van der Waals surface area contributed by atoms with Crippen LogP contribution in [0.4, 0.5) is 0 Å². The van der Waals surface area contributed by atoms with Gasteiger partial charge in [0.1, 0.15) is 30.5 Å². The third kappa shape index (κ3) is 5.17. The molecule has 2 aliphatic carbocycles. The molecule has 1 aromatic rings. The van der Waals surface area contributed by atoms with Gasteiger partial charge >= 0.3 is 23.9 Å². The number of cyclic esters (lactones) is 1. The lowest BCUT2D eigenvalue weighted by Crippen LogP contribution is -2.72. The van der Waals surface area contributed by atoms with Crippen molar-refractivity contribution in [3.63, 3.8) is 0 Å². The summed E-state index contributed by atoms with van der Waals surface area (Å²) >= 11 is 0. The molecule has 2 saturated carbocycles. The van der Waals surface area contributed by atoms with Gasteiger partial charge in [-0.15, -0.1) is 0 Å². The van der Waals surface area contributed by atoms with E-state index < -0.39 is 94.2 Å². The molecule has 13 heteroatoms. The normalized spacial score (nSPS) is 40.0. The van der Waals surface area contributed by atoms with Gasteiger partial charge in [0, 0.05) is 42.9 Å². The van der Waals surface area contributed by atoms with Gasteiger partial charge in [-0.1, -0.05) is 34.3 Å². The van der Waals surface area contributed by atoms with Crippen LogP contribution in [0.5, 0.6) is 0 Å². The SMILES string of the molecule is C=C1[C@@H]([C@@]2(C)[C@@H](OC(C)=O)CC(=O)O[C@@]3(C)COC(=O)C[C@H]23)[C@H](OC=O)[C@@H](OC(=O)CC(C)C)[C@@]2(C)[C@H](c3ccoc3)CC(=O)[C@]12O. The lowest BCUT2D eigenvalue weighted by molar-refractivity contribution is -0.240. The van der Waals surface area contributed by atoms with Crippen molar-refractivity contribution in [3.8, 4) is 0 Å². The van der Waals surface area contributed by atoms with Gasteiger partial charge in [-0.25, -0.2) is 0 Å². The van der Waals surface area contributed by atoms with Crippen LogP contribution in [-0.2, 0) is 52.5 Å². The molecule has 0 unspecified atom stereocenters. The van der Waals surface area contributed by atoms with Gasteiger partial charge in [0.2, 0.25) is 0 Å². The van der Waals surface area contributed by atoms with Crippen molar-refractivity contribution in [2.24, 2.45) is 28.6 Å². The van der Waals surface area contributed by atoms with E-state index in [1.54, 1.807) is 26.8 Å². The van der Waals surface area contributed by atoms with Gasteiger partial charge in [-0.2, -0.15) is 0 Å². The van der Waals surface area contributed by atoms with E-state index in [0.29, 0.717) is 5.56 Å². The smallest absolute Gasteiger partial charge is 0.310 e. The number of fused-ring (bicyclic) bond motifs is 2. The Morgan fingerprint density at radius 1 is 1.11 bits per heavy atom. The zero-order chi connectivity index (χ0) is 34.7. The highest BCUT2D eigenvalue weighted by molar-refractivity contribution is 5.96. The summed E-state index contributed by atoms with van der Waals surface area (Å²) in [6.07, 6.45) is -2.44. The molecular formula is C34H42O13. The van der Waals surface area contributed by atoms with Crippen LogP contribution in [0.25, 0.3) is 0 Å². The van der Waals surface area contributed by atoms with Crippen LogP contribution < -0.4 is 0 Å². The second-order valence-corrected chi connectivity index (χ2v) is 14.3. The predicted octanol–water partition coefficient (Wildman–Crippen LogP) is 2.97. The third-order valence-electron chi connectivity index (χ3n) is 11.1. The molecule has 5 rings (SSSR count). The minimum atomic E-state index is -2.39. The molecule has 0 amide bonds. The molecule has 4 aliphatic rings. The van der Waals surface area contributed by atoms with Crippen molar-refractivity contribution in [1.82, 2.24) is 0 Å². The first-order chi connectivity index (χ1) is 21.9. The molecule has 47 heavy (non-hydrogen) atoms. The number of ketones is 1. The maximum atomic E-state index is 14.2. The fourth-order valence-electron chi connectivity index (χ4n) is 8.99. The summed E-state index contributed by atoms with van der Waals surface area (Å²) in [7, 11) is 0. The molecule has 2 saturated heterocycles. The summed E-state index contributed by atoms with van der Waals surface area (Å²) in [5, 5.41) is 12.8. The Balaban J connectivity index is 1.81. The number of aliphatic hydroxyl groups is 1. The molecule has 0 spiro atoms. The van der Waals surface area contributed by atoms with Crippen molar-refractivity contribution in [3.05, 3.63) is 36.3 Å². The molecular weight excluding hydrogens is 616 g/mol. The van der Waals surface area contributed by atoms with Gasteiger partial charge in [-0.05, 0) is 30.0 Å². The fourth-order valence-corrected chi connectivity index (χ4v) is 8.99. The van der Waals surface area contributed by atoms with Crippen molar-refractivity contribution in [2.45, 2.75) is 103 Å². The number of hydrogen-bond acceptors (Lipinski definition) is 13. The summed E-state index contributed by atoms with van der Waals surface area (Å²) in [5.41, 5.74) is -6.68. The number of esters is 4. The van der Waals surface area contributed by atoms with Crippen molar-refractivity contribution in [2.75, 3.05) is 6.61 Å². The molecule has 256 valence electrons. The van der Waals surface area contributed by atoms with E-state index in [4.69, 9.17) is 28.1 Å². The van der Waals surface area contributed by atoms with Gasteiger partial charge in [0.25, 0.3) is 6.47 Å². The first-order valence-electron chi connectivity index (χ1n) is 15.7. The average Bonchev–Trinajstić information content (AvgIpc) is 3.56. The highest BCUT2D eigenvalue weighted by atomic mass is 16.6. The van der Waals surface area contributed by atoms with Crippen LogP contribution in [0, 0.1) is 28.6 Å². The first-order valence-corrected chi connectivity index (χ1v) is 15.7. The molecule has 1 N–H and O–H groups in total. The van der Waals surface area contributed by atoms with Crippen LogP contribution in [-0.4, -0.2) is 77.4 Å².